The molecule has 0 spiro atoms. The van der Waals surface area contributed by atoms with E-state index in [0.717, 1.165) is 10.5 Å². The molecular weight excluding hydrogens is 452 g/mol. The van der Waals surface area contributed by atoms with Crippen LogP contribution in [0.3, 0.4) is 0 Å². The highest BCUT2D eigenvalue weighted by Gasteiger charge is 2.25. The number of ether oxygens (including phenoxy) is 2. The van der Waals surface area contributed by atoms with Crippen LogP contribution < -0.4 is 20.1 Å². The molecule has 0 aromatic heterocycles. The van der Waals surface area contributed by atoms with Crippen LogP contribution in [0.4, 0.5) is 5.69 Å². The highest BCUT2D eigenvalue weighted by atomic mass is 32.2. The van der Waals surface area contributed by atoms with Gasteiger partial charge in [-0.1, -0.05) is 6.07 Å². The molecule has 1 aliphatic heterocycles. The summed E-state index contributed by atoms with van der Waals surface area (Å²) in [7, 11) is -0.549. The first-order valence-electron chi connectivity index (χ1n) is 10.1. The quantitative estimate of drug-likeness (QED) is 0.570. The number of methoxy groups -OCH3 is 2. The molecule has 2 amide bonds. The molecule has 32 heavy (non-hydrogen) atoms. The van der Waals surface area contributed by atoms with E-state index >= 15 is 0 Å². The summed E-state index contributed by atoms with van der Waals surface area (Å²) in [5.74, 6) is 0.415. The van der Waals surface area contributed by atoms with Crippen LogP contribution in [-0.2, 0) is 25.8 Å². The molecule has 0 unspecified atom stereocenters. The Labute approximate surface area is 192 Å². The largest absolute Gasteiger partial charge is 0.493 e. The van der Waals surface area contributed by atoms with Crippen LogP contribution in [0.5, 0.6) is 11.5 Å². The number of hydrogen-bond donors (Lipinski definition) is 2. The van der Waals surface area contributed by atoms with E-state index in [1.807, 2.05) is 12.1 Å². The number of hydrogen-bond acceptors (Lipinski definition) is 7. The highest BCUT2D eigenvalue weighted by molar-refractivity contribution is 8.01. The van der Waals surface area contributed by atoms with Gasteiger partial charge < -0.3 is 20.1 Å². The summed E-state index contributed by atoms with van der Waals surface area (Å²) in [6, 6.07) is 10.2. The number of sulfone groups is 1. The maximum absolute atomic E-state index is 12.7. The maximum Gasteiger partial charge on any atom is 0.237 e. The molecule has 172 valence electrons. The van der Waals surface area contributed by atoms with E-state index < -0.39 is 9.84 Å². The molecule has 2 aromatic rings. The van der Waals surface area contributed by atoms with E-state index in [9.17, 15) is 18.0 Å². The van der Waals surface area contributed by atoms with Crippen molar-refractivity contribution in [3.8, 4) is 11.5 Å². The van der Waals surface area contributed by atoms with Crippen LogP contribution in [0, 0.1) is 0 Å². The number of anilines is 1. The smallest absolute Gasteiger partial charge is 0.237 e. The van der Waals surface area contributed by atoms with Gasteiger partial charge >= 0.3 is 0 Å². The van der Waals surface area contributed by atoms with Gasteiger partial charge in [0.05, 0.1) is 35.8 Å². The number of rotatable bonds is 9. The predicted molar refractivity (Wildman–Crippen MR) is 123 cm³/mol. The second kappa shape index (κ2) is 10.3. The van der Waals surface area contributed by atoms with Gasteiger partial charge in [-0.15, -0.1) is 11.8 Å². The maximum atomic E-state index is 12.7. The van der Waals surface area contributed by atoms with Crippen molar-refractivity contribution < 1.29 is 27.5 Å². The molecule has 1 heterocycles. The first-order valence-corrected chi connectivity index (χ1v) is 12.6. The lowest BCUT2D eigenvalue weighted by Crippen LogP contribution is -2.28. The van der Waals surface area contributed by atoms with Crippen molar-refractivity contribution in [2.24, 2.45) is 0 Å². The van der Waals surface area contributed by atoms with Gasteiger partial charge in [-0.2, -0.15) is 0 Å². The van der Waals surface area contributed by atoms with Crippen molar-refractivity contribution in [2.45, 2.75) is 34.8 Å². The first kappa shape index (κ1) is 23.9. The van der Waals surface area contributed by atoms with Crippen molar-refractivity contribution in [3.05, 3.63) is 42.0 Å². The highest BCUT2D eigenvalue weighted by Crippen LogP contribution is 2.37. The summed E-state index contributed by atoms with van der Waals surface area (Å²) in [5, 5.41) is 5.24. The Morgan fingerprint density at radius 2 is 1.88 bits per heavy atom. The Morgan fingerprint density at radius 1 is 1.12 bits per heavy atom. The van der Waals surface area contributed by atoms with Gasteiger partial charge in [-0.05, 0) is 49.2 Å². The fourth-order valence-electron chi connectivity index (χ4n) is 3.20. The van der Waals surface area contributed by atoms with E-state index in [0.29, 0.717) is 30.2 Å². The molecule has 0 radical (unpaired) electrons. The molecule has 0 aliphatic carbocycles. The summed E-state index contributed by atoms with van der Waals surface area (Å²) in [4.78, 5) is 24.9. The average molecular weight is 479 g/mol. The van der Waals surface area contributed by atoms with Gasteiger partial charge in [0.1, 0.15) is 0 Å². The lowest BCUT2D eigenvalue weighted by molar-refractivity contribution is -0.120. The van der Waals surface area contributed by atoms with Crippen molar-refractivity contribution in [1.82, 2.24) is 5.32 Å². The molecule has 2 N–H and O–H groups in total. The van der Waals surface area contributed by atoms with Crippen LogP contribution in [0.25, 0.3) is 0 Å². The van der Waals surface area contributed by atoms with Gasteiger partial charge in [0.2, 0.25) is 11.8 Å². The minimum Gasteiger partial charge on any atom is -0.493 e. The summed E-state index contributed by atoms with van der Waals surface area (Å²) in [6.45, 7) is 2.16. The second-order valence-electron chi connectivity index (χ2n) is 7.27. The zero-order chi connectivity index (χ0) is 23.3. The number of nitrogens with one attached hydrogen (secondary N) is 2. The molecule has 3 rings (SSSR count). The predicted octanol–water partition coefficient (Wildman–Crippen LogP) is 2.66. The number of benzene rings is 2. The lowest BCUT2D eigenvalue weighted by atomic mass is 10.1. The fraction of sp³-hybridized carbons (Fsp3) is 0.364. The van der Waals surface area contributed by atoms with Crippen LogP contribution in [0.1, 0.15) is 18.9 Å². The molecule has 0 saturated heterocycles. The topological polar surface area (TPSA) is 111 Å². The van der Waals surface area contributed by atoms with Crippen LogP contribution in [0.15, 0.2) is 46.2 Å². The third kappa shape index (κ3) is 5.74. The Hall–Kier alpha value is -2.72. The standard InChI is InChI=1S/C22H26N2O6S2/c1-14-22(26)24-17-13-16(5-7-20(17)31-14)32(27,28)11-9-21(25)23-10-8-15-4-6-18(29-2)19(12-15)30-3/h4-7,12-14H,8-11H2,1-3H3,(H,23,25)(H,24,26)/t14-/m0/s1. The van der Waals surface area contributed by atoms with Crippen molar-refractivity contribution in [1.29, 1.82) is 0 Å². The molecule has 0 saturated carbocycles. The molecule has 1 aliphatic rings. The first-order chi connectivity index (χ1) is 15.2. The number of amides is 2. The Morgan fingerprint density at radius 3 is 2.59 bits per heavy atom. The number of carbonyl (C=O) groups excluding carboxylic acids is 2. The van der Waals surface area contributed by atoms with Crippen molar-refractivity contribution in [2.75, 3.05) is 31.8 Å². The molecule has 1 atom stereocenters. The Balaban J connectivity index is 1.52. The number of fused-ring (bicyclic) bond motifs is 1. The minimum absolute atomic E-state index is 0.0878. The third-order valence-corrected chi connectivity index (χ3v) is 7.91. The molecule has 0 fully saturated rings. The van der Waals surface area contributed by atoms with E-state index in [2.05, 4.69) is 10.6 Å². The second-order valence-corrected chi connectivity index (χ2v) is 10.8. The summed E-state index contributed by atoms with van der Waals surface area (Å²) in [5.41, 5.74) is 1.44. The Bertz CT molecular complexity index is 1120. The van der Waals surface area contributed by atoms with E-state index in [4.69, 9.17) is 9.47 Å². The lowest BCUT2D eigenvalue weighted by Gasteiger charge is -2.21. The molecular formula is C22H26N2O6S2. The van der Waals surface area contributed by atoms with E-state index in [-0.39, 0.29) is 34.1 Å². The Kier molecular flexibility index (Phi) is 7.68. The van der Waals surface area contributed by atoms with E-state index in [1.165, 1.54) is 23.9 Å². The van der Waals surface area contributed by atoms with Gasteiger partial charge in [-0.3, -0.25) is 9.59 Å². The minimum atomic E-state index is -3.67. The summed E-state index contributed by atoms with van der Waals surface area (Å²) in [6.07, 6.45) is 0.420. The number of thioether (sulfide) groups is 1. The molecule has 2 aromatic carbocycles. The van der Waals surface area contributed by atoms with Gasteiger partial charge in [0.25, 0.3) is 0 Å². The van der Waals surface area contributed by atoms with Crippen molar-refractivity contribution in [3.63, 3.8) is 0 Å². The zero-order valence-electron chi connectivity index (χ0n) is 18.1. The normalized spacial score (nSPS) is 15.5. The van der Waals surface area contributed by atoms with Crippen molar-refractivity contribution >= 4 is 39.1 Å². The summed E-state index contributed by atoms with van der Waals surface area (Å²) < 4.78 is 35.8. The average Bonchev–Trinajstić information content (AvgIpc) is 2.78. The zero-order valence-corrected chi connectivity index (χ0v) is 19.8. The summed E-state index contributed by atoms with van der Waals surface area (Å²) >= 11 is 1.38. The van der Waals surface area contributed by atoms with Crippen LogP contribution >= 0.6 is 11.8 Å². The van der Waals surface area contributed by atoms with E-state index in [1.54, 1.807) is 33.3 Å². The van der Waals surface area contributed by atoms with Gasteiger partial charge in [0.15, 0.2) is 21.3 Å². The fourth-order valence-corrected chi connectivity index (χ4v) is 5.39. The molecule has 0 bridgehead atoms. The van der Waals surface area contributed by atoms with Crippen LogP contribution in [0.2, 0.25) is 0 Å². The van der Waals surface area contributed by atoms with Crippen LogP contribution in [-0.4, -0.2) is 52.0 Å². The van der Waals surface area contributed by atoms with Gasteiger partial charge in [-0.25, -0.2) is 8.42 Å². The number of carbonyl (C=O) groups is 2. The molecule has 10 heteroatoms. The SMILES string of the molecule is COc1ccc(CCNC(=O)CCS(=O)(=O)c2ccc3c(c2)NC(=O)[C@H](C)S3)cc1OC. The monoisotopic (exact) mass is 478 g/mol. The van der Waals surface area contributed by atoms with Gasteiger partial charge in [0, 0.05) is 17.9 Å². The third-order valence-electron chi connectivity index (χ3n) is 5.02. The molecule has 8 nitrogen and oxygen atoms in total.